The maximum absolute atomic E-state index is 14.0. The summed E-state index contributed by atoms with van der Waals surface area (Å²) in [6.07, 6.45) is 0.307. The Morgan fingerprint density at radius 1 is 1.06 bits per heavy atom. The van der Waals surface area contributed by atoms with Crippen molar-refractivity contribution in [3.63, 3.8) is 0 Å². The number of rotatable bonds is 9. The fraction of sp³-hybridized carbons (Fsp3) is 0.345. The number of aromatic hydroxyl groups is 2. The fourth-order valence-electron chi connectivity index (χ4n) is 5.80. The molecule has 3 aliphatic heterocycles. The monoisotopic (exact) mass is 691 g/mol. The molecular formula is C29H30N7NaO10S. The molecule has 2 aromatic carbocycles. The smallest absolute Gasteiger partial charge is 0.545 e. The van der Waals surface area contributed by atoms with Crippen molar-refractivity contribution < 1.29 is 78.4 Å². The van der Waals surface area contributed by atoms with Crippen LogP contribution in [-0.4, -0.2) is 102 Å². The topological polar surface area (TPSA) is 255 Å². The van der Waals surface area contributed by atoms with E-state index >= 15 is 0 Å². The summed E-state index contributed by atoms with van der Waals surface area (Å²) in [4.78, 5) is 92.8. The zero-order valence-electron chi connectivity index (χ0n) is 26.0. The third kappa shape index (κ3) is 6.11. The van der Waals surface area contributed by atoms with Gasteiger partial charge in [-0.1, -0.05) is 18.2 Å². The van der Waals surface area contributed by atoms with Crippen LogP contribution >= 0.6 is 11.8 Å². The number of thioether (sulfide) groups is 1. The van der Waals surface area contributed by atoms with E-state index in [2.05, 4.69) is 16.0 Å². The van der Waals surface area contributed by atoms with Gasteiger partial charge in [0.2, 0.25) is 12.3 Å². The number of piperazine rings is 1. The number of nitrogen functional groups attached to an aromatic ring is 1. The second-order valence-corrected chi connectivity index (χ2v) is 13.3. The Bertz CT molecular complexity index is 1690. The molecule has 0 saturated carbocycles. The van der Waals surface area contributed by atoms with Gasteiger partial charge < -0.3 is 46.7 Å². The quantitative estimate of drug-likeness (QED) is 0.0360. The number of phenolic OH excluding ortho intramolecular Hbond substituents is 2. The van der Waals surface area contributed by atoms with Crippen LogP contribution in [0.2, 0.25) is 0 Å². The maximum atomic E-state index is 14.0. The first-order valence-corrected chi connectivity index (χ1v) is 15.0. The van der Waals surface area contributed by atoms with Crippen LogP contribution in [0.3, 0.4) is 0 Å². The van der Waals surface area contributed by atoms with Gasteiger partial charge in [-0.05, 0) is 49.2 Å². The summed E-state index contributed by atoms with van der Waals surface area (Å²) in [5.74, 6) is -6.73. The summed E-state index contributed by atoms with van der Waals surface area (Å²) in [6, 6.07) is 5.68. The van der Waals surface area contributed by atoms with Crippen LogP contribution < -0.4 is 56.3 Å². The van der Waals surface area contributed by atoms with Gasteiger partial charge in [0.25, 0.3) is 5.91 Å². The average molecular weight is 692 g/mol. The van der Waals surface area contributed by atoms with E-state index in [0.717, 1.165) is 21.6 Å². The van der Waals surface area contributed by atoms with Gasteiger partial charge in [0.05, 0.1) is 10.7 Å². The molecule has 4 atom stereocenters. The summed E-state index contributed by atoms with van der Waals surface area (Å²) < 4.78 is -1.40. The van der Waals surface area contributed by atoms with Crippen molar-refractivity contribution in [2.24, 2.45) is 0 Å². The first-order chi connectivity index (χ1) is 22.1. The van der Waals surface area contributed by atoms with Gasteiger partial charge in [0, 0.05) is 25.3 Å². The molecule has 2 aromatic rings. The zero-order chi connectivity index (χ0) is 34.4. The number of β-lactam (4-membered cyclic amide) rings is 1. The number of phenols is 2. The fourth-order valence-corrected chi connectivity index (χ4v) is 7.50. The molecule has 1 unspecified atom stereocenters. The number of carboxylic acids is 1. The molecule has 48 heavy (non-hydrogen) atoms. The number of hydrogen-bond donors (Lipinski definition) is 6. The molecule has 0 bridgehead atoms. The second kappa shape index (κ2) is 13.5. The molecule has 0 aromatic heterocycles. The average Bonchev–Trinajstić information content (AvgIpc) is 3.23. The van der Waals surface area contributed by atoms with E-state index in [1.165, 1.54) is 56.3 Å². The standard InChI is InChI=1S/C29H31N7O10S.Na/c1-28(2)29(26(44)45,36-22(41)20(31-13-37)25(36)47-28)33-21(40)19(15-4-6-16(30)7-5-15)32-27(46)35-10-9-34(23(42)24(35)43)12-14-3-8-17(38)18(39)11-14;/h3-8,11,13,19-20,25,38-39H,9-10,12,30H2,1-2H3,(H,31,37)(H,32,46)(H,33,40)(H,44,45);/q;+1/p-1/t19?,20-,25-,29+;/m1./s1. The van der Waals surface area contributed by atoms with Gasteiger partial charge in [-0.25, -0.2) is 4.79 Å². The van der Waals surface area contributed by atoms with Crippen molar-refractivity contribution >= 4 is 59.5 Å². The second-order valence-electron chi connectivity index (χ2n) is 11.5. The molecule has 3 aliphatic rings. The van der Waals surface area contributed by atoms with Crippen molar-refractivity contribution in [1.29, 1.82) is 0 Å². The summed E-state index contributed by atoms with van der Waals surface area (Å²) in [6.45, 7) is 2.45. The number of amides is 7. The molecule has 7 N–H and O–H groups in total. The van der Waals surface area contributed by atoms with Crippen LogP contribution in [0.25, 0.3) is 0 Å². The van der Waals surface area contributed by atoms with E-state index in [4.69, 9.17) is 5.73 Å². The van der Waals surface area contributed by atoms with Gasteiger partial charge in [-0.3, -0.25) is 33.8 Å². The van der Waals surface area contributed by atoms with Crippen LogP contribution in [0.1, 0.15) is 31.0 Å². The first-order valence-electron chi connectivity index (χ1n) is 14.1. The molecule has 3 saturated heterocycles. The van der Waals surface area contributed by atoms with Crippen molar-refractivity contribution in [1.82, 2.24) is 30.7 Å². The number of urea groups is 1. The Labute approximate surface area is 299 Å². The summed E-state index contributed by atoms with van der Waals surface area (Å²) >= 11 is 1.02. The summed E-state index contributed by atoms with van der Waals surface area (Å²) in [7, 11) is 0. The first kappa shape index (κ1) is 36.3. The third-order valence-electron chi connectivity index (χ3n) is 8.31. The Kier molecular flexibility index (Phi) is 10.2. The van der Waals surface area contributed by atoms with Crippen molar-refractivity contribution in [3.05, 3.63) is 53.6 Å². The van der Waals surface area contributed by atoms with Crippen molar-refractivity contribution in [3.8, 4) is 11.5 Å². The van der Waals surface area contributed by atoms with Gasteiger partial charge in [0.15, 0.2) is 17.2 Å². The molecule has 0 radical (unpaired) electrons. The van der Waals surface area contributed by atoms with Gasteiger partial charge >= 0.3 is 47.4 Å². The van der Waals surface area contributed by atoms with Crippen LogP contribution in [-0.2, 0) is 35.3 Å². The maximum Gasteiger partial charge on any atom is 1.00 e. The molecule has 0 aliphatic carbocycles. The number of anilines is 1. The number of aliphatic carboxylic acids is 1. The number of fused-ring (bicyclic) bond motifs is 1. The van der Waals surface area contributed by atoms with Crippen LogP contribution in [0.5, 0.6) is 11.5 Å². The Morgan fingerprint density at radius 2 is 1.73 bits per heavy atom. The SMILES string of the molecule is CC1(C)S[C@@H]2[C@H](NC=O)C(=O)N2[C@@]1(NC(=O)C(NC(=O)N1CCN(Cc2ccc(O)c(O)c2)C(=O)C1=O)c1ccc(N)cc1)C(=O)[O-].[Na+]. The number of nitrogens with one attached hydrogen (secondary N) is 3. The minimum atomic E-state index is -2.42. The molecule has 19 heteroatoms. The van der Waals surface area contributed by atoms with Crippen molar-refractivity contribution in [2.45, 2.75) is 48.3 Å². The number of nitrogens with zero attached hydrogens (tertiary/aromatic N) is 3. The molecule has 248 valence electrons. The van der Waals surface area contributed by atoms with E-state index in [9.17, 15) is 48.9 Å². The zero-order valence-corrected chi connectivity index (χ0v) is 28.8. The predicted molar refractivity (Wildman–Crippen MR) is 160 cm³/mol. The molecule has 3 heterocycles. The van der Waals surface area contributed by atoms with E-state index in [1.54, 1.807) is 0 Å². The number of benzene rings is 2. The molecule has 0 spiro atoms. The Hall–Kier alpha value is -4.52. The Morgan fingerprint density at radius 3 is 2.33 bits per heavy atom. The molecule has 17 nitrogen and oxygen atoms in total. The largest absolute Gasteiger partial charge is 1.00 e. The van der Waals surface area contributed by atoms with E-state index in [-0.39, 0.29) is 60.5 Å². The van der Waals surface area contributed by atoms with Crippen molar-refractivity contribution in [2.75, 3.05) is 18.8 Å². The number of hydrogen-bond acceptors (Lipinski definition) is 12. The summed E-state index contributed by atoms with van der Waals surface area (Å²) in [5.41, 5.74) is 4.20. The summed E-state index contributed by atoms with van der Waals surface area (Å²) in [5, 5.41) is 38.3. The minimum absolute atomic E-state index is 0. The minimum Gasteiger partial charge on any atom is -0.545 e. The van der Waals surface area contributed by atoms with Gasteiger partial charge in [0.1, 0.15) is 17.5 Å². The van der Waals surface area contributed by atoms with Gasteiger partial charge in [-0.15, -0.1) is 11.8 Å². The van der Waals surface area contributed by atoms with Gasteiger partial charge in [-0.2, -0.15) is 0 Å². The molecular weight excluding hydrogens is 661 g/mol. The normalized spacial score (nSPS) is 23.3. The predicted octanol–water partition coefficient (Wildman–Crippen LogP) is -5.32. The number of imide groups is 1. The van der Waals surface area contributed by atoms with Crippen LogP contribution in [0, 0.1) is 0 Å². The van der Waals surface area contributed by atoms with E-state index in [0.29, 0.717) is 22.6 Å². The molecule has 5 rings (SSSR count). The van der Waals surface area contributed by atoms with E-state index in [1.807, 2.05) is 0 Å². The third-order valence-corrected chi connectivity index (χ3v) is 9.91. The molecule has 7 amide bonds. The number of carbonyl (C=O) groups excluding carboxylic acids is 7. The van der Waals surface area contributed by atoms with Crippen LogP contribution in [0.4, 0.5) is 10.5 Å². The van der Waals surface area contributed by atoms with Crippen LogP contribution in [0.15, 0.2) is 42.5 Å². The molecule has 3 fully saturated rings. The number of carboxylic acid groups (broad SMARTS) is 1. The number of nitrogens with two attached hydrogens (primary N) is 1. The van der Waals surface area contributed by atoms with E-state index < -0.39 is 69.2 Å². The number of carbonyl (C=O) groups is 7. The Balaban J connectivity index is 0.00000520.